The fraction of sp³-hybridized carbons (Fsp3) is 0.556. The quantitative estimate of drug-likeness (QED) is 0.125. The molecular formula is C18H26N4O4S2. The van der Waals surface area contributed by atoms with Gasteiger partial charge in [0.05, 0.1) is 13.5 Å². The van der Waals surface area contributed by atoms with Crippen molar-refractivity contribution in [2.45, 2.75) is 38.5 Å². The van der Waals surface area contributed by atoms with Gasteiger partial charge in [-0.3, -0.25) is 4.79 Å². The van der Waals surface area contributed by atoms with Crippen LogP contribution in [0.2, 0.25) is 0 Å². The van der Waals surface area contributed by atoms with Crippen LogP contribution in [-0.2, 0) is 20.9 Å². The number of rotatable bonds is 10. The van der Waals surface area contributed by atoms with Crippen LogP contribution in [0.4, 0.5) is 10.5 Å². The van der Waals surface area contributed by atoms with E-state index >= 15 is 0 Å². The standard InChI is InChI=1S/C18H26N4O4S2/c1-18(2,3)28-27-12-11-22(10-9-16(23)25-4)17(24)26-13-14-5-7-15(8-6-14)20-21-19/h5-8H,9-13H2,1-4H3. The Labute approximate surface area is 173 Å². The lowest BCUT2D eigenvalue weighted by Crippen LogP contribution is -2.35. The molecule has 1 amide bonds. The van der Waals surface area contributed by atoms with Crippen LogP contribution >= 0.6 is 21.6 Å². The number of hydrogen-bond donors (Lipinski definition) is 0. The molecule has 0 saturated heterocycles. The van der Waals surface area contributed by atoms with Crippen LogP contribution in [0.1, 0.15) is 32.8 Å². The molecule has 154 valence electrons. The summed E-state index contributed by atoms with van der Waals surface area (Å²) in [5.74, 6) is 0.349. The van der Waals surface area contributed by atoms with Gasteiger partial charge in [0.25, 0.3) is 0 Å². The highest BCUT2D eigenvalue weighted by molar-refractivity contribution is 8.77. The summed E-state index contributed by atoms with van der Waals surface area (Å²) in [6.45, 7) is 7.18. The minimum Gasteiger partial charge on any atom is -0.469 e. The molecule has 10 heteroatoms. The number of ether oxygens (including phenoxy) is 2. The molecule has 1 aromatic rings. The summed E-state index contributed by atoms with van der Waals surface area (Å²) < 4.78 is 10.1. The summed E-state index contributed by atoms with van der Waals surface area (Å²) in [5, 5.41) is 3.50. The van der Waals surface area contributed by atoms with Crippen LogP contribution in [0.25, 0.3) is 10.4 Å². The molecule has 0 saturated carbocycles. The van der Waals surface area contributed by atoms with Crippen LogP contribution in [0.3, 0.4) is 0 Å². The molecule has 28 heavy (non-hydrogen) atoms. The minimum absolute atomic E-state index is 0.0913. The number of methoxy groups -OCH3 is 1. The van der Waals surface area contributed by atoms with Crippen molar-refractivity contribution in [3.8, 4) is 0 Å². The highest BCUT2D eigenvalue weighted by atomic mass is 33.1. The summed E-state index contributed by atoms with van der Waals surface area (Å²) in [5.41, 5.74) is 9.68. The number of carbonyl (C=O) groups excluding carboxylic acids is 2. The summed E-state index contributed by atoms with van der Waals surface area (Å²) in [7, 11) is 4.74. The number of azide groups is 1. The lowest BCUT2D eigenvalue weighted by Gasteiger charge is -2.22. The summed E-state index contributed by atoms with van der Waals surface area (Å²) in [4.78, 5) is 28.1. The third kappa shape index (κ3) is 10.3. The third-order valence-electron chi connectivity index (χ3n) is 3.28. The van der Waals surface area contributed by atoms with Crippen molar-refractivity contribution in [2.75, 3.05) is 26.0 Å². The summed E-state index contributed by atoms with van der Waals surface area (Å²) in [6.07, 6.45) is -0.367. The highest BCUT2D eigenvalue weighted by Crippen LogP contribution is 2.34. The number of hydrogen-bond acceptors (Lipinski definition) is 7. The van der Waals surface area contributed by atoms with Gasteiger partial charge in [-0.25, -0.2) is 4.79 Å². The first-order chi connectivity index (χ1) is 13.2. The molecule has 0 aliphatic rings. The Balaban J connectivity index is 2.58. The molecule has 8 nitrogen and oxygen atoms in total. The van der Waals surface area contributed by atoms with Crippen molar-refractivity contribution < 1.29 is 19.1 Å². The molecule has 0 atom stereocenters. The minimum atomic E-state index is -0.482. The topological polar surface area (TPSA) is 105 Å². The number of esters is 1. The Morgan fingerprint density at radius 2 is 1.89 bits per heavy atom. The fourth-order valence-electron chi connectivity index (χ4n) is 1.94. The average molecular weight is 427 g/mol. The predicted molar refractivity (Wildman–Crippen MR) is 113 cm³/mol. The van der Waals surface area contributed by atoms with E-state index in [2.05, 4.69) is 35.5 Å². The molecular weight excluding hydrogens is 400 g/mol. The van der Waals surface area contributed by atoms with Crippen molar-refractivity contribution >= 4 is 39.3 Å². The fourth-order valence-corrected chi connectivity index (χ4v) is 4.20. The van der Waals surface area contributed by atoms with Gasteiger partial charge >= 0.3 is 12.1 Å². The van der Waals surface area contributed by atoms with Gasteiger partial charge in [0.2, 0.25) is 0 Å². The van der Waals surface area contributed by atoms with Crippen LogP contribution in [0, 0.1) is 0 Å². The molecule has 0 bridgehead atoms. The Bertz CT molecular complexity index is 686. The molecule has 0 radical (unpaired) electrons. The first-order valence-corrected chi connectivity index (χ1v) is 11.0. The zero-order valence-electron chi connectivity index (χ0n) is 16.6. The van der Waals surface area contributed by atoms with Gasteiger partial charge in [-0.2, -0.15) is 0 Å². The number of nitrogens with zero attached hydrogens (tertiary/aromatic N) is 4. The number of benzene rings is 1. The van der Waals surface area contributed by atoms with E-state index < -0.39 is 6.09 Å². The van der Waals surface area contributed by atoms with Gasteiger partial charge in [0.15, 0.2) is 0 Å². The van der Waals surface area contributed by atoms with Crippen molar-refractivity contribution in [3.63, 3.8) is 0 Å². The Kier molecular flexibility index (Phi) is 10.7. The van der Waals surface area contributed by atoms with E-state index in [-0.39, 0.29) is 30.3 Å². The van der Waals surface area contributed by atoms with E-state index in [0.717, 1.165) is 11.3 Å². The van der Waals surface area contributed by atoms with Crippen LogP contribution in [0.5, 0.6) is 0 Å². The lowest BCUT2D eigenvalue weighted by atomic mass is 10.2. The van der Waals surface area contributed by atoms with Crippen LogP contribution < -0.4 is 0 Å². The average Bonchev–Trinajstić information content (AvgIpc) is 2.65. The van der Waals surface area contributed by atoms with E-state index in [9.17, 15) is 9.59 Å². The maximum Gasteiger partial charge on any atom is 0.410 e. The maximum atomic E-state index is 12.4. The molecule has 0 fully saturated rings. The van der Waals surface area contributed by atoms with E-state index in [1.54, 1.807) is 45.9 Å². The van der Waals surface area contributed by atoms with Gasteiger partial charge in [-0.15, -0.1) is 0 Å². The molecule has 0 spiro atoms. The molecule has 0 aromatic heterocycles. The molecule has 0 aliphatic carbocycles. The van der Waals surface area contributed by atoms with Crippen molar-refractivity contribution in [2.24, 2.45) is 5.11 Å². The molecule has 0 aliphatic heterocycles. The molecule has 1 rings (SSSR count). The second kappa shape index (κ2) is 12.4. The van der Waals surface area contributed by atoms with Gasteiger partial charge < -0.3 is 14.4 Å². The normalized spacial score (nSPS) is 10.7. The number of carbonyl (C=O) groups is 2. The largest absolute Gasteiger partial charge is 0.469 e. The predicted octanol–water partition coefficient (Wildman–Crippen LogP) is 5.31. The highest BCUT2D eigenvalue weighted by Gasteiger charge is 2.18. The van der Waals surface area contributed by atoms with Crippen molar-refractivity contribution in [1.29, 1.82) is 0 Å². The Hall–Kier alpha value is -2.03. The Morgan fingerprint density at radius 1 is 1.21 bits per heavy atom. The van der Waals surface area contributed by atoms with Gasteiger partial charge in [-0.1, -0.05) is 71.7 Å². The first kappa shape index (κ1) is 24.0. The monoisotopic (exact) mass is 426 g/mol. The summed E-state index contributed by atoms with van der Waals surface area (Å²) >= 11 is 0. The smallest absolute Gasteiger partial charge is 0.410 e. The second-order valence-electron chi connectivity index (χ2n) is 6.74. The SMILES string of the molecule is COC(=O)CCN(CCSSC(C)(C)C)C(=O)OCc1ccc(N=[N+]=[N-])cc1. The van der Waals surface area contributed by atoms with E-state index in [0.29, 0.717) is 12.2 Å². The van der Waals surface area contributed by atoms with Gasteiger partial charge in [0.1, 0.15) is 6.61 Å². The Morgan fingerprint density at radius 3 is 2.46 bits per heavy atom. The van der Waals surface area contributed by atoms with E-state index in [1.165, 1.54) is 12.0 Å². The van der Waals surface area contributed by atoms with Crippen LogP contribution in [-0.4, -0.2) is 47.7 Å². The second-order valence-corrected chi connectivity index (χ2v) is 9.98. The maximum absolute atomic E-state index is 12.4. The first-order valence-electron chi connectivity index (χ1n) is 8.68. The van der Waals surface area contributed by atoms with Crippen LogP contribution in [0.15, 0.2) is 29.4 Å². The molecule has 0 N–H and O–H groups in total. The molecule has 0 unspecified atom stereocenters. The van der Waals surface area contributed by atoms with E-state index in [1.807, 2.05) is 0 Å². The van der Waals surface area contributed by atoms with Gasteiger partial charge in [0, 0.05) is 34.2 Å². The molecule has 0 heterocycles. The zero-order valence-corrected chi connectivity index (χ0v) is 18.2. The van der Waals surface area contributed by atoms with Gasteiger partial charge in [-0.05, 0) is 11.1 Å². The zero-order chi connectivity index (χ0) is 21.0. The van der Waals surface area contributed by atoms with E-state index in [4.69, 9.17) is 10.3 Å². The molecule has 1 aromatic carbocycles. The summed E-state index contributed by atoms with van der Waals surface area (Å²) in [6, 6.07) is 6.76. The lowest BCUT2D eigenvalue weighted by molar-refractivity contribution is -0.140. The van der Waals surface area contributed by atoms with Crippen molar-refractivity contribution in [1.82, 2.24) is 4.90 Å². The third-order valence-corrected chi connectivity index (χ3v) is 6.60. The number of amides is 1. The van der Waals surface area contributed by atoms with Crippen molar-refractivity contribution in [3.05, 3.63) is 40.3 Å².